The summed E-state index contributed by atoms with van der Waals surface area (Å²) in [7, 11) is 0. The molecule has 6 rings (SSSR count). The van der Waals surface area contributed by atoms with Crippen molar-refractivity contribution in [1.29, 1.82) is 0 Å². The second-order valence-corrected chi connectivity index (χ2v) is 7.10. The van der Waals surface area contributed by atoms with Crippen molar-refractivity contribution in [2.45, 2.75) is 44.3 Å². The van der Waals surface area contributed by atoms with Gasteiger partial charge in [0.25, 0.3) is 0 Å². The lowest BCUT2D eigenvalue weighted by molar-refractivity contribution is 0.170. The molecule has 1 aliphatic carbocycles. The zero-order valence-corrected chi connectivity index (χ0v) is 15.2. The van der Waals surface area contributed by atoms with Crippen LogP contribution in [-0.4, -0.2) is 38.3 Å². The molecular formula is C20H23N7. The maximum Gasteiger partial charge on any atom is 0.153 e. The van der Waals surface area contributed by atoms with E-state index in [1.807, 2.05) is 31.3 Å². The minimum absolute atomic E-state index is 0.462. The van der Waals surface area contributed by atoms with Gasteiger partial charge < -0.3 is 16.0 Å². The van der Waals surface area contributed by atoms with Crippen LogP contribution in [0.1, 0.15) is 25.0 Å². The van der Waals surface area contributed by atoms with E-state index in [2.05, 4.69) is 50.0 Å². The molecule has 2 unspecified atom stereocenters. The molecule has 138 valence electrons. The number of fused-ring (bicyclic) bond motifs is 3. The van der Waals surface area contributed by atoms with Crippen LogP contribution in [-0.2, 0) is 0 Å². The second-order valence-electron chi connectivity index (χ2n) is 7.10. The molecule has 2 bridgehead atoms. The zero-order valence-electron chi connectivity index (χ0n) is 15.2. The zero-order chi connectivity index (χ0) is 18.8. The molecule has 1 saturated carbocycles. The Morgan fingerprint density at radius 3 is 2.59 bits per heavy atom. The number of pyridine rings is 2. The van der Waals surface area contributed by atoms with E-state index >= 15 is 0 Å². The summed E-state index contributed by atoms with van der Waals surface area (Å²) < 4.78 is 0. The van der Waals surface area contributed by atoms with Crippen LogP contribution < -0.4 is 16.0 Å². The third kappa shape index (κ3) is 3.57. The third-order valence-corrected chi connectivity index (χ3v) is 5.08. The molecule has 5 heterocycles. The first-order chi connectivity index (χ1) is 13.2. The number of aromatic nitrogens is 4. The first-order valence-electron chi connectivity index (χ1n) is 9.14. The molecule has 4 N–H and O–H groups in total. The van der Waals surface area contributed by atoms with Crippen LogP contribution in [0.3, 0.4) is 0 Å². The van der Waals surface area contributed by atoms with Gasteiger partial charge in [0.1, 0.15) is 11.6 Å². The van der Waals surface area contributed by atoms with Crippen LogP contribution in [0.25, 0.3) is 10.9 Å². The van der Waals surface area contributed by atoms with Gasteiger partial charge in [0.15, 0.2) is 5.82 Å². The minimum Gasteiger partial charge on any atom is -0.367 e. The Kier molecular flexibility index (Phi) is 4.65. The van der Waals surface area contributed by atoms with E-state index in [0.717, 1.165) is 46.9 Å². The average Bonchev–Trinajstić information content (AvgIpc) is 3.07. The van der Waals surface area contributed by atoms with Gasteiger partial charge in [-0.2, -0.15) is 5.10 Å². The number of hydrogen-bond acceptors (Lipinski definition) is 6. The number of nitrogens with one attached hydrogen (secondary N) is 4. The lowest BCUT2D eigenvalue weighted by Crippen LogP contribution is -2.60. The fourth-order valence-electron chi connectivity index (χ4n) is 3.94. The van der Waals surface area contributed by atoms with Crippen LogP contribution >= 0.6 is 0 Å². The highest BCUT2D eigenvalue weighted by Gasteiger charge is 2.37. The Balaban J connectivity index is 0.000000872. The smallest absolute Gasteiger partial charge is 0.153 e. The van der Waals surface area contributed by atoms with Crippen molar-refractivity contribution in [3.63, 3.8) is 0 Å². The highest BCUT2D eigenvalue weighted by atomic mass is 15.2. The van der Waals surface area contributed by atoms with Crippen molar-refractivity contribution in [3.8, 4) is 12.8 Å². The van der Waals surface area contributed by atoms with Gasteiger partial charge in [-0.05, 0) is 38.3 Å². The van der Waals surface area contributed by atoms with Crippen molar-refractivity contribution in [2.24, 2.45) is 0 Å². The maximum absolute atomic E-state index is 4.80. The standard InChI is InChI=1S/C18H21N7.C2H2/c1-10-5-17(25-24-10)22-16-9-15-14(3-2-4-19-15)18(23-16)21-13-7-11-6-12(8-13)20-11;1-2/h2-5,9,11-13,20H,6-8H2,1H3,(H3,21,22,23,24,25);1-2H. The van der Waals surface area contributed by atoms with Crippen LogP contribution in [0.4, 0.5) is 17.5 Å². The summed E-state index contributed by atoms with van der Waals surface area (Å²) in [6.07, 6.45) is 13.4. The number of hydrogen-bond donors (Lipinski definition) is 4. The van der Waals surface area contributed by atoms with Crippen molar-refractivity contribution < 1.29 is 0 Å². The van der Waals surface area contributed by atoms with Crippen molar-refractivity contribution >= 4 is 28.4 Å². The molecule has 3 aromatic heterocycles. The minimum atomic E-state index is 0.462. The Morgan fingerprint density at radius 1 is 1.11 bits per heavy atom. The fourth-order valence-corrected chi connectivity index (χ4v) is 3.94. The number of aromatic amines is 1. The van der Waals surface area contributed by atoms with Crippen LogP contribution in [0.5, 0.6) is 0 Å². The number of terminal acetylenes is 1. The quantitative estimate of drug-likeness (QED) is 0.534. The molecule has 2 aliphatic heterocycles. The Morgan fingerprint density at radius 2 is 1.89 bits per heavy atom. The van der Waals surface area contributed by atoms with E-state index in [1.165, 1.54) is 6.42 Å². The monoisotopic (exact) mass is 361 g/mol. The molecule has 7 heteroatoms. The van der Waals surface area contributed by atoms with E-state index in [-0.39, 0.29) is 0 Å². The normalized spacial score (nSPS) is 23.0. The molecule has 27 heavy (non-hydrogen) atoms. The van der Waals surface area contributed by atoms with Gasteiger partial charge in [-0.3, -0.25) is 10.1 Å². The summed E-state index contributed by atoms with van der Waals surface area (Å²) in [6, 6.07) is 9.73. The summed E-state index contributed by atoms with van der Waals surface area (Å²) in [5.74, 6) is 2.40. The number of piperidine rings is 1. The van der Waals surface area contributed by atoms with Gasteiger partial charge >= 0.3 is 0 Å². The van der Waals surface area contributed by atoms with Gasteiger partial charge in [0.05, 0.1) is 5.52 Å². The number of rotatable bonds is 4. The van der Waals surface area contributed by atoms with E-state index in [0.29, 0.717) is 18.1 Å². The highest BCUT2D eigenvalue weighted by Crippen LogP contribution is 2.32. The lowest BCUT2D eigenvalue weighted by Gasteiger charge is -2.46. The SMILES string of the molecule is C#C.Cc1cc(Nc2cc3ncccc3c(NC3CC4CC(C3)N4)n2)n[nH]1. The van der Waals surface area contributed by atoms with E-state index in [9.17, 15) is 0 Å². The van der Waals surface area contributed by atoms with Crippen molar-refractivity contribution in [3.05, 3.63) is 36.2 Å². The Labute approximate surface area is 158 Å². The van der Waals surface area contributed by atoms with Gasteiger partial charge in [-0.1, -0.05) is 0 Å². The molecule has 0 amide bonds. The summed E-state index contributed by atoms with van der Waals surface area (Å²) in [6.45, 7) is 1.98. The van der Waals surface area contributed by atoms with Crippen LogP contribution in [0, 0.1) is 19.8 Å². The molecule has 0 spiro atoms. The third-order valence-electron chi connectivity index (χ3n) is 5.08. The van der Waals surface area contributed by atoms with Crippen LogP contribution in [0.15, 0.2) is 30.5 Å². The second kappa shape index (κ2) is 7.25. The lowest BCUT2D eigenvalue weighted by atomic mass is 9.79. The predicted molar refractivity (Wildman–Crippen MR) is 108 cm³/mol. The van der Waals surface area contributed by atoms with Crippen molar-refractivity contribution in [1.82, 2.24) is 25.5 Å². The van der Waals surface area contributed by atoms with E-state index < -0.39 is 0 Å². The molecule has 0 aromatic carbocycles. The fraction of sp³-hybridized carbons (Fsp3) is 0.350. The Bertz CT molecular complexity index is 945. The highest BCUT2D eigenvalue weighted by molar-refractivity contribution is 5.91. The topological polar surface area (TPSA) is 90.6 Å². The number of nitrogens with zero attached hydrogens (tertiary/aromatic N) is 3. The average molecular weight is 361 g/mol. The molecule has 7 nitrogen and oxygen atoms in total. The predicted octanol–water partition coefficient (Wildman–Crippen LogP) is 2.96. The number of H-pyrrole nitrogens is 1. The summed E-state index contributed by atoms with van der Waals surface area (Å²) >= 11 is 0. The number of anilines is 3. The molecule has 3 fully saturated rings. The summed E-state index contributed by atoms with van der Waals surface area (Å²) in [4.78, 5) is 9.31. The molecule has 2 saturated heterocycles. The van der Waals surface area contributed by atoms with Crippen LogP contribution in [0.2, 0.25) is 0 Å². The molecule has 3 aromatic rings. The van der Waals surface area contributed by atoms with Gasteiger partial charge in [0.2, 0.25) is 0 Å². The largest absolute Gasteiger partial charge is 0.367 e. The maximum atomic E-state index is 4.80. The summed E-state index contributed by atoms with van der Waals surface area (Å²) in [5, 5.41) is 18.7. The molecule has 2 atom stereocenters. The summed E-state index contributed by atoms with van der Waals surface area (Å²) in [5.41, 5.74) is 1.93. The first kappa shape index (κ1) is 17.3. The van der Waals surface area contributed by atoms with E-state index in [1.54, 1.807) is 0 Å². The number of aryl methyl sites for hydroxylation is 1. The van der Waals surface area contributed by atoms with Gasteiger partial charge in [0, 0.05) is 47.5 Å². The van der Waals surface area contributed by atoms with Gasteiger partial charge in [-0.15, -0.1) is 12.8 Å². The molecule has 3 aliphatic rings. The molecule has 0 radical (unpaired) electrons. The van der Waals surface area contributed by atoms with E-state index in [4.69, 9.17) is 4.98 Å². The van der Waals surface area contributed by atoms with Crippen molar-refractivity contribution in [2.75, 3.05) is 10.6 Å². The first-order valence-corrected chi connectivity index (χ1v) is 9.14. The Hall–Kier alpha value is -3.11. The van der Waals surface area contributed by atoms with Gasteiger partial charge in [-0.25, -0.2) is 4.98 Å². The molecular weight excluding hydrogens is 338 g/mol.